The van der Waals surface area contributed by atoms with Gasteiger partial charge in [0.2, 0.25) is 0 Å². The summed E-state index contributed by atoms with van der Waals surface area (Å²) in [4.78, 5) is 0. The minimum Gasteiger partial charge on any atom is -0.398 e. The zero-order valence-electron chi connectivity index (χ0n) is 7.43. The highest BCUT2D eigenvalue weighted by Gasteiger charge is 2.64. The summed E-state index contributed by atoms with van der Waals surface area (Å²) in [7, 11) is 0. The Morgan fingerprint density at radius 1 is 1.14 bits per heavy atom. The minimum absolute atomic E-state index is 0.157. The number of hydrogen-bond donors (Lipinski definition) is 1. The summed E-state index contributed by atoms with van der Waals surface area (Å²) in [5.41, 5.74) is 4.36. The molecular weight excluding hydrogens is 191 g/mol. The number of anilines is 1. The van der Waals surface area contributed by atoms with Gasteiger partial charge in [-0.25, -0.2) is 0 Å². The Bertz CT molecular complexity index is 353. The summed E-state index contributed by atoms with van der Waals surface area (Å²) in [6, 6.07) is 6.22. The third-order valence-electron chi connectivity index (χ3n) is 2.77. The topological polar surface area (TPSA) is 26.0 Å². The van der Waals surface area contributed by atoms with Crippen LogP contribution in [0.5, 0.6) is 0 Å². The predicted octanol–water partition coefficient (Wildman–Crippen LogP) is 2.86. The lowest BCUT2D eigenvalue weighted by Gasteiger charge is -2.20. The molecule has 0 radical (unpaired) electrons. The molecule has 0 aliphatic heterocycles. The highest BCUT2D eigenvalue weighted by molar-refractivity contribution is 5.53. The summed E-state index contributed by atoms with van der Waals surface area (Å²) >= 11 is 0. The van der Waals surface area contributed by atoms with Crippen molar-refractivity contribution in [3.05, 3.63) is 29.8 Å². The maximum atomic E-state index is 12.7. The molecule has 4 heteroatoms. The molecule has 1 fully saturated rings. The van der Waals surface area contributed by atoms with Crippen LogP contribution in [0.15, 0.2) is 24.3 Å². The molecule has 0 saturated heterocycles. The number of nitrogen functional groups attached to an aromatic ring is 1. The normalized spacial score (nSPS) is 19.4. The van der Waals surface area contributed by atoms with Gasteiger partial charge in [0.25, 0.3) is 0 Å². The summed E-state index contributed by atoms with van der Waals surface area (Å²) in [6.45, 7) is 0. The first-order chi connectivity index (χ1) is 6.47. The molecule has 0 unspecified atom stereocenters. The van der Waals surface area contributed by atoms with Crippen molar-refractivity contribution >= 4 is 5.69 Å². The number of halogens is 3. The van der Waals surface area contributed by atoms with E-state index in [-0.39, 0.29) is 24.1 Å². The van der Waals surface area contributed by atoms with Gasteiger partial charge in [0.1, 0.15) is 0 Å². The van der Waals surface area contributed by atoms with Crippen LogP contribution in [0.4, 0.5) is 18.9 Å². The fourth-order valence-electron chi connectivity index (χ4n) is 1.76. The molecule has 1 aliphatic carbocycles. The molecule has 0 aromatic heterocycles. The Kier molecular flexibility index (Phi) is 1.77. The molecule has 0 heterocycles. The van der Waals surface area contributed by atoms with Crippen LogP contribution < -0.4 is 5.73 Å². The zero-order valence-corrected chi connectivity index (χ0v) is 7.43. The molecule has 1 saturated carbocycles. The van der Waals surface area contributed by atoms with E-state index >= 15 is 0 Å². The number of rotatable bonds is 1. The van der Waals surface area contributed by atoms with E-state index < -0.39 is 11.6 Å². The third kappa shape index (κ3) is 1.17. The lowest BCUT2D eigenvalue weighted by atomic mass is 9.94. The average molecular weight is 201 g/mol. The van der Waals surface area contributed by atoms with E-state index in [2.05, 4.69) is 0 Å². The van der Waals surface area contributed by atoms with Crippen LogP contribution in [0.1, 0.15) is 18.4 Å². The highest BCUT2D eigenvalue weighted by Crippen LogP contribution is 2.59. The Morgan fingerprint density at radius 2 is 1.71 bits per heavy atom. The zero-order chi connectivity index (χ0) is 10.4. The highest BCUT2D eigenvalue weighted by atomic mass is 19.4. The molecule has 14 heavy (non-hydrogen) atoms. The lowest BCUT2D eigenvalue weighted by Crippen LogP contribution is -2.29. The number of alkyl halides is 3. The van der Waals surface area contributed by atoms with Crippen molar-refractivity contribution in [2.45, 2.75) is 24.4 Å². The Labute approximate surface area is 79.7 Å². The van der Waals surface area contributed by atoms with E-state index in [1.807, 2.05) is 0 Å². The second-order valence-corrected chi connectivity index (χ2v) is 3.67. The number of hydrogen-bond acceptors (Lipinski definition) is 1. The van der Waals surface area contributed by atoms with Gasteiger partial charge in [-0.05, 0) is 24.5 Å². The van der Waals surface area contributed by atoms with Gasteiger partial charge in [0.05, 0.1) is 5.41 Å². The van der Waals surface area contributed by atoms with E-state index in [0.717, 1.165) is 0 Å². The smallest absolute Gasteiger partial charge is 0.398 e. The van der Waals surface area contributed by atoms with Crippen LogP contribution in [0.3, 0.4) is 0 Å². The van der Waals surface area contributed by atoms with E-state index in [1.54, 1.807) is 12.1 Å². The van der Waals surface area contributed by atoms with Gasteiger partial charge in [-0.2, -0.15) is 13.2 Å². The number of benzene rings is 1. The van der Waals surface area contributed by atoms with Crippen LogP contribution in [-0.4, -0.2) is 6.18 Å². The van der Waals surface area contributed by atoms with Crippen molar-refractivity contribution in [1.29, 1.82) is 0 Å². The molecule has 2 rings (SSSR count). The average Bonchev–Trinajstić information content (AvgIpc) is 2.84. The maximum Gasteiger partial charge on any atom is 0.398 e. The molecule has 1 nitrogen and oxygen atoms in total. The van der Waals surface area contributed by atoms with Gasteiger partial charge in [0, 0.05) is 5.69 Å². The van der Waals surface area contributed by atoms with Gasteiger partial charge in [-0.15, -0.1) is 0 Å². The summed E-state index contributed by atoms with van der Waals surface area (Å²) in [5, 5.41) is 0. The molecule has 0 bridgehead atoms. The molecule has 2 N–H and O–H groups in total. The van der Waals surface area contributed by atoms with Gasteiger partial charge >= 0.3 is 6.18 Å². The van der Waals surface area contributed by atoms with Crippen LogP contribution >= 0.6 is 0 Å². The first-order valence-electron chi connectivity index (χ1n) is 4.39. The second-order valence-electron chi connectivity index (χ2n) is 3.67. The maximum absolute atomic E-state index is 12.7. The van der Waals surface area contributed by atoms with Crippen molar-refractivity contribution in [3.8, 4) is 0 Å². The van der Waals surface area contributed by atoms with Crippen molar-refractivity contribution in [2.75, 3.05) is 5.73 Å². The van der Waals surface area contributed by atoms with Gasteiger partial charge in [0.15, 0.2) is 0 Å². The summed E-state index contributed by atoms with van der Waals surface area (Å²) in [5.74, 6) is 0. The van der Waals surface area contributed by atoms with Crippen molar-refractivity contribution < 1.29 is 13.2 Å². The van der Waals surface area contributed by atoms with E-state index in [4.69, 9.17) is 5.73 Å². The van der Waals surface area contributed by atoms with Crippen LogP contribution in [0.25, 0.3) is 0 Å². The van der Waals surface area contributed by atoms with Crippen LogP contribution in [-0.2, 0) is 5.41 Å². The Hall–Kier alpha value is -1.19. The monoisotopic (exact) mass is 201 g/mol. The molecule has 0 spiro atoms. The van der Waals surface area contributed by atoms with E-state index in [9.17, 15) is 13.2 Å². The van der Waals surface area contributed by atoms with Crippen molar-refractivity contribution in [1.82, 2.24) is 0 Å². The van der Waals surface area contributed by atoms with Gasteiger partial charge in [-0.3, -0.25) is 0 Å². The fourth-order valence-corrected chi connectivity index (χ4v) is 1.76. The molecule has 76 valence electrons. The molecule has 0 atom stereocenters. The lowest BCUT2D eigenvalue weighted by molar-refractivity contribution is -0.160. The molecule has 1 aromatic carbocycles. The van der Waals surface area contributed by atoms with Crippen LogP contribution in [0, 0.1) is 0 Å². The Morgan fingerprint density at radius 3 is 2.14 bits per heavy atom. The first kappa shape index (κ1) is 9.37. The third-order valence-corrected chi connectivity index (χ3v) is 2.77. The first-order valence-corrected chi connectivity index (χ1v) is 4.39. The molecular formula is C10H10F3N. The standard InChI is InChI=1S/C10H10F3N/c11-10(12,13)9(5-6-9)7-3-1-2-4-8(7)14/h1-4H,5-6,14H2. The van der Waals surface area contributed by atoms with Crippen LogP contribution in [0.2, 0.25) is 0 Å². The Balaban J connectivity index is 2.46. The minimum atomic E-state index is -4.18. The van der Waals surface area contributed by atoms with E-state index in [1.165, 1.54) is 12.1 Å². The van der Waals surface area contributed by atoms with Crippen molar-refractivity contribution in [2.24, 2.45) is 0 Å². The number of para-hydroxylation sites is 1. The molecule has 0 amide bonds. The molecule has 1 aromatic rings. The number of nitrogens with two attached hydrogens (primary N) is 1. The van der Waals surface area contributed by atoms with Crippen molar-refractivity contribution in [3.63, 3.8) is 0 Å². The van der Waals surface area contributed by atoms with Gasteiger partial charge in [-0.1, -0.05) is 18.2 Å². The quantitative estimate of drug-likeness (QED) is 0.694. The summed E-state index contributed by atoms with van der Waals surface area (Å²) in [6.07, 6.45) is -3.86. The van der Waals surface area contributed by atoms with E-state index in [0.29, 0.717) is 0 Å². The van der Waals surface area contributed by atoms with Gasteiger partial charge < -0.3 is 5.73 Å². The SMILES string of the molecule is Nc1ccccc1C1(C(F)(F)F)CC1. The second kappa shape index (κ2) is 2.65. The summed E-state index contributed by atoms with van der Waals surface area (Å²) < 4.78 is 38.1. The fraction of sp³-hybridized carbons (Fsp3) is 0.400. The molecule has 1 aliphatic rings. The largest absolute Gasteiger partial charge is 0.398 e. The predicted molar refractivity (Wildman–Crippen MR) is 47.8 cm³/mol.